The van der Waals surface area contributed by atoms with Gasteiger partial charge < -0.3 is 9.84 Å². The van der Waals surface area contributed by atoms with Gasteiger partial charge in [-0.05, 0) is 30.5 Å². The van der Waals surface area contributed by atoms with Crippen molar-refractivity contribution in [3.8, 4) is 0 Å². The normalized spacial score (nSPS) is 26.9. The lowest BCUT2D eigenvalue weighted by Gasteiger charge is -2.25. The number of hydrogen-bond donors (Lipinski definition) is 1. The summed E-state index contributed by atoms with van der Waals surface area (Å²) in [6.07, 6.45) is -4.73. The van der Waals surface area contributed by atoms with Crippen LogP contribution in [0.3, 0.4) is 0 Å². The predicted molar refractivity (Wildman–Crippen MR) is 95.7 cm³/mol. The van der Waals surface area contributed by atoms with Gasteiger partial charge in [0.05, 0.1) is 17.9 Å². The second-order valence-corrected chi connectivity index (χ2v) is 7.41. The number of carbonyl (C=O) groups excluding carboxylic acids is 2. The van der Waals surface area contributed by atoms with E-state index < -0.39 is 48.8 Å². The van der Waals surface area contributed by atoms with Crippen molar-refractivity contribution in [2.45, 2.75) is 31.8 Å². The van der Waals surface area contributed by atoms with E-state index in [-0.39, 0.29) is 11.1 Å². The first-order valence-corrected chi connectivity index (χ1v) is 9.14. The maximum atomic E-state index is 12.8. The lowest BCUT2D eigenvalue weighted by Crippen LogP contribution is -2.42. The molecule has 0 radical (unpaired) electrons. The van der Waals surface area contributed by atoms with E-state index in [1.165, 1.54) is 13.0 Å². The van der Waals surface area contributed by atoms with Crippen molar-refractivity contribution in [3.05, 3.63) is 58.9 Å². The summed E-state index contributed by atoms with van der Waals surface area (Å²) in [5.41, 5.74) is 1.75. The van der Waals surface area contributed by atoms with Crippen LogP contribution in [0.2, 0.25) is 0 Å². The Kier molecular flexibility index (Phi) is 4.59. The Hall–Kier alpha value is -3.30. The fourth-order valence-electron chi connectivity index (χ4n) is 4.27. The summed E-state index contributed by atoms with van der Waals surface area (Å²) in [6, 6.07) is 6.43. The highest BCUT2D eigenvalue weighted by Crippen LogP contribution is 2.49. The van der Waals surface area contributed by atoms with Gasteiger partial charge >= 0.3 is 12.3 Å². The molecule has 3 atom stereocenters. The molecule has 4 rings (SSSR count). The quantitative estimate of drug-likeness (QED) is 0.598. The Morgan fingerprint density at radius 3 is 2.63 bits per heavy atom. The summed E-state index contributed by atoms with van der Waals surface area (Å²) in [6.45, 7) is -0.126. The van der Waals surface area contributed by atoms with E-state index in [1.807, 2.05) is 6.07 Å². The van der Waals surface area contributed by atoms with Gasteiger partial charge in [-0.3, -0.25) is 14.5 Å². The van der Waals surface area contributed by atoms with Crippen LogP contribution in [0.25, 0.3) is 0 Å². The minimum atomic E-state index is -4.62. The zero-order valence-electron chi connectivity index (χ0n) is 15.7. The Morgan fingerprint density at radius 1 is 1.27 bits per heavy atom. The summed E-state index contributed by atoms with van der Waals surface area (Å²) in [5, 5.41) is 9.54. The topological polar surface area (TPSA) is 87.2 Å². The van der Waals surface area contributed by atoms with Crippen molar-refractivity contribution < 1.29 is 37.4 Å². The number of carbonyl (C=O) groups is 3. The molecule has 158 valence electrons. The molecule has 1 fully saturated rings. The molecule has 2 heterocycles. The standard InChI is InChI=1S/C20H17F3N2O5/c1-10-6-15(24(17(10)26)9-20(21,22)23)30-8-14-13-7-11-4-2-3-5-12(11)16(13)25(18(14)27)19(28)29/h2-6,8,13,15-16H,7,9H2,1H3,(H,28,29). The number of likely N-dealkylation sites (tertiary alicyclic amines) is 1. The van der Waals surface area contributed by atoms with Gasteiger partial charge in [-0.15, -0.1) is 0 Å². The van der Waals surface area contributed by atoms with Gasteiger partial charge in [0.1, 0.15) is 6.54 Å². The number of halogens is 3. The minimum Gasteiger partial charge on any atom is -0.474 e. The number of carboxylic acid groups (broad SMARTS) is 1. The lowest BCUT2D eigenvalue weighted by molar-refractivity contribution is -0.169. The van der Waals surface area contributed by atoms with Crippen molar-refractivity contribution in [2.75, 3.05) is 6.54 Å². The van der Waals surface area contributed by atoms with Crippen LogP contribution in [-0.2, 0) is 20.7 Å². The first-order chi connectivity index (χ1) is 14.1. The molecule has 0 saturated carbocycles. The van der Waals surface area contributed by atoms with Crippen molar-refractivity contribution in [2.24, 2.45) is 5.92 Å². The van der Waals surface area contributed by atoms with Gasteiger partial charge in [0, 0.05) is 11.5 Å². The molecular formula is C20H17F3N2O5. The van der Waals surface area contributed by atoms with E-state index >= 15 is 0 Å². The van der Waals surface area contributed by atoms with Crippen LogP contribution in [0, 0.1) is 5.92 Å². The molecule has 30 heavy (non-hydrogen) atoms. The third-order valence-electron chi connectivity index (χ3n) is 5.53. The third-order valence-corrected chi connectivity index (χ3v) is 5.53. The molecule has 0 aromatic heterocycles. The smallest absolute Gasteiger partial charge is 0.414 e. The van der Waals surface area contributed by atoms with Crippen molar-refractivity contribution >= 4 is 17.9 Å². The first kappa shape index (κ1) is 20.0. The molecule has 1 saturated heterocycles. The molecule has 3 amide bonds. The van der Waals surface area contributed by atoms with Gasteiger partial charge in [-0.2, -0.15) is 13.2 Å². The lowest BCUT2D eigenvalue weighted by atomic mass is 9.97. The number of fused-ring (bicyclic) bond motifs is 3. The van der Waals surface area contributed by atoms with Crippen LogP contribution in [0.15, 0.2) is 47.7 Å². The molecule has 0 bridgehead atoms. The molecule has 3 unspecified atom stereocenters. The van der Waals surface area contributed by atoms with Gasteiger partial charge in [0.15, 0.2) is 6.23 Å². The highest BCUT2D eigenvalue weighted by molar-refractivity contribution is 6.05. The highest BCUT2D eigenvalue weighted by atomic mass is 19.4. The zero-order chi connectivity index (χ0) is 21.8. The number of nitrogens with zero attached hydrogens (tertiary/aromatic N) is 2. The molecular weight excluding hydrogens is 405 g/mol. The number of benzene rings is 1. The van der Waals surface area contributed by atoms with Gasteiger partial charge in [-0.1, -0.05) is 24.3 Å². The maximum Gasteiger partial charge on any atom is 0.414 e. The number of hydrogen-bond acceptors (Lipinski definition) is 4. The van der Waals surface area contributed by atoms with Crippen LogP contribution in [0.4, 0.5) is 18.0 Å². The van der Waals surface area contributed by atoms with E-state index in [0.717, 1.165) is 16.7 Å². The Balaban J connectivity index is 1.63. The van der Waals surface area contributed by atoms with E-state index in [1.54, 1.807) is 18.2 Å². The fraction of sp³-hybridized carbons (Fsp3) is 0.350. The highest BCUT2D eigenvalue weighted by Gasteiger charge is 2.52. The van der Waals surface area contributed by atoms with E-state index in [2.05, 4.69) is 0 Å². The molecule has 10 heteroatoms. The predicted octanol–water partition coefficient (Wildman–Crippen LogP) is 3.00. The van der Waals surface area contributed by atoms with E-state index in [9.17, 15) is 32.7 Å². The number of imide groups is 1. The number of alkyl halides is 3. The number of rotatable bonds is 3. The van der Waals surface area contributed by atoms with Crippen LogP contribution < -0.4 is 0 Å². The largest absolute Gasteiger partial charge is 0.474 e. The van der Waals surface area contributed by atoms with Crippen LogP contribution in [0.1, 0.15) is 24.1 Å². The number of ether oxygens (including phenoxy) is 1. The zero-order valence-corrected chi connectivity index (χ0v) is 15.7. The summed E-state index contributed by atoms with van der Waals surface area (Å²) < 4.78 is 43.9. The Labute approximate surface area is 169 Å². The van der Waals surface area contributed by atoms with Crippen LogP contribution >= 0.6 is 0 Å². The maximum absolute atomic E-state index is 12.8. The Bertz CT molecular complexity index is 1000. The molecule has 0 spiro atoms. The summed E-state index contributed by atoms with van der Waals surface area (Å²) >= 11 is 0. The monoisotopic (exact) mass is 422 g/mol. The average molecular weight is 422 g/mol. The van der Waals surface area contributed by atoms with E-state index in [0.29, 0.717) is 16.9 Å². The molecule has 1 aromatic carbocycles. The molecule has 2 aliphatic heterocycles. The average Bonchev–Trinajstić information content (AvgIpc) is 3.23. The third kappa shape index (κ3) is 3.21. The van der Waals surface area contributed by atoms with E-state index in [4.69, 9.17) is 4.74 Å². The van der Waals surface area contributed by atoms with Crippen molar-refractivity contribution in [1.82, 2.24) is 9.80 Å². The van der Waals surface area contributed by atoms with Gasteiger partial charge in [0.2, 0.25) is 0 Å². The van der Waals surface area contributed by atoms with Crippen LogP contribution in [-0.4, -0.2) is 51.8 Å². The summed E-state index contributed by atoms with van der Waals surface area (Å²) in [7, 11) is 0. The molecule has 3 aliphatic rings. The fourth-order valence-corrected chi connectivity index (χ4v) is 4.27. The van der Waals surface area contributed by atoms with Gasteiger partial charge in [-0.25, -0.2) is 9.69 Å². The second-order valence-electron chi connectivity index (χ2n) is 7.41. The summed E-state index contributed by atoms with van der Waals surface area (Å²) in [5.74, 6) is -2.10. The first-order valence-electron chi connectivity index (χ1n) is 9.14. The number of amides is 3. The van der Waals surface area contributed by atoms with Crippen molar-refractivity contribution in [3.63, 3.8) is 0 Å². The summed E-state index contributed by atoms with van der Waals surface area (Å²) in [4.78, 5) is 37.7. The molecule has 1 N–H and O–H groups in total. The molecule has 7 nitrogen and oxygen atoms in total. The Morgan fingerprint density at radius 2 is 1.97 bits per heavy atom. The van der Waals surface area contributed by atoms with Crippen molar-refractivity contribution in [1.29, 1.82) is 0 Å². The van der Waals surface area contributed by atoms with Crippen LogP contribution in [0.5, 0.6) is 0 Å². The second kappa shape index (κ2) is 6.89. The van der Waals surface area contributed by atoms with Gasteiger partial charge in [0.25, 0.3) is 11.8 Å². The SMILES string of the molecule is CC1=CC(OC=C2C(=O)N(C(=O)O)C3c4ccccc4CC23)N(CC(F)(F)F)C1=O. The molecule has 1 aromatic rings. The minimum absolute atomic E-state index is 0.0518. The molecule has 1 aliphatic carbocycles.